The normalized spacial score (nSPS) is 10.4. The molecule has 0 aliphatic carbocycles. The van der Waals surface area contributed by atoms with E-state index in [1.807, 2.05) is 0 Å². The van der Waals surface area contributed by atoms with Gasteiger partial charge in [-0.05, 0) is 131 Å². The van der Waals surface area contributed by atoms with Crippen molar-refractivity contribution in [3.63, 3.8) is 0 Å². The average molecular weight is 673 g/mol. The Hall–Kier alpha value is -5.38. The Bertz CT molecular complexity index is 1530. The number of hydrogen-bond acceptors (Lipinski definition) is 10. The summed E-state index contributed by atoms with van der Waals surface area (Å²) < 4.78 is 32.5. The fourth-order valence-electron chi connectivity index (χ4n) is 4.46. The van der Waals surface area contributed by atoms with Crippen molar-refractivity contribution in [2.24, 2.45) is 0 Å². The smallest absolute Gasteiger partial charge is 0.343 e. The third kappa shape index (κ3) is 14.5. The molecule has 0 saturated heterocycles. The molecule has 0 aromatic heterocycles. The lowest BCUT2D eigenvalue weighted by atomic mass is 10.2. The molecule has 10 heteroatoms. The van der Waals surface area contributed by atoms with E-state index < -0.39 is 23.9 Å². The monoisotopic (exact) mass is 672 g/mol. The number of esters is 4. The zero-order valence-electron chi connectivity index (χ0n) is 28.0. The minimum Gasteiger partial charge on any atom is -0.494 e. The first-order valence-electron chi connectivity index (χ1n) is 16.4. The fourth-order valence-corrected chi connectivity index (χ4v) is 4.46. The van der Waals surface area contributed by atoms with E-state index in [-0.39, 0.29) is 0 Å². The quantitative estimate of drug-likeness (QED) is 0.0453. The predicted molar refractivity (Wildman–Crippen MR) is 184 cm³/mol. The topological polar surface area (TPSA) is 124 Å². The molecule has 0 radical (unpaired) electrons. The van der Waals surface area contributed by atoms with Crippen LogP contribution in [0.1, 0.15) is 77.6 Å². The molecule has 0 aliphatic rings. The zero-order valence-corrected chi connectivity index (χ0v) is 28.0. The highest BCUT2D eigenvalue weighted by atomic mass is 16.5. The highest BCUT2D eigenvalue weighted by Gasteiger charge is 2.14. The molecule has 0 N–H and O–H groups in total. The summed E-state index contributed by atoms with van der Waals surface area (Å²) in [5.74, 6) is 0.103. The Morgan fingerprint density at radius 2 is 0.939 bits per heavy atom. The van der Waals surface area contributed by atoms with Crippen molar-refractivity contribution in [2.75, 3.05) is 26.4 Å². The summed E-state index contributed by atoms with van der Waals surface area (Å²) in [4.78, 5) is 47.5. The van der Waals surface area contributed by atoms with E-state index in [0.29, 0.717) is 66.1 Å². The Labute approximate surface area is 287 Å². The number of benzene rings is 3. The molecule has 0 spiro atoms. The third-order valence-electron chi connectivity index (χ3n) is 7.18. The molecule has 49 heavy (non-hydrogen) atoms. The first-order chi connectivity index (χ1) is 23.8. The summed E-state index contributed by atoms with van der Waals surface area (Å²) in [5.41, 5.74) is 1.36. The van der Waals surface area contributed by atoms with E-state index in [2.05, 4.69) is 13.2 Å². The number of carbonyl (C=O) groups is 4. The van der Waals surface area contributed by atoms with Crippen LogP contribution in [-0.4, -0.2) is 50.3 Å². The summed E-state index contributed by atoms with van der Waals surface area (Å²) in [6, 6.07) is 18.2. The fraction of sp³-hybridized carbons (Fsp3) is 0.333. The standard InChI is InChI=1S/C39H44O10/c1-4-36(40)46-26-12-8-6-10-24-44-32-18-14-30(15-19-32)38(42)48-34-22-23-35(29(3)28-34)49-39(43)31-16-20-33(21-17-31)45-25-11-7-9-13-27-47-37(41)5-2/h4-5,14-23,28H,1-2,6-13,24-27H2,3H3. The third-order valence-corrected chi connectivity index (χ3v) is 7.18. The molecule has 3 aromatic rings. The van der Waals surface area contributed by atoms with E-state index >= 15 is 0 Å². The summed E-state index contributed by atoms with van der Waals surface area (Å²) in [5, 5.41) is 0. The van der Waals surface area contributed by atoms with Crippen molar-refractivity contribution in [3.05, 3.63) is 109 Å². The molecule has 3 aromatic carbocycles. The van der Waals surface area contributed by atoms with Crippen molar-refractivity contribution in [2.45, 2.75) is 58.3 Å². The van der Waals surface area contributed by atoms with Gasteiger partial charge in [-0.15, -0.1) is 0 Å². The minimum atomic E-state index is -0.526. The minimum absolute atomic E-state index is 0.319. The number of hydrogen-bond donors (Lipinski definition) is 0. The molecule has 10 nitrogen and oxygen atoms in total. The van der Waals surface area contributed by atoms with Gasteiger partial charge >= 0.3 is 23.9 Å². The van der Waals surface area contributed by atoms with Crippen molar-refractivity contribution in [1.82, 2.24) is 0 Å². The summed E-state index contributed by atoms with van der Waals surface area (Å²) >= 11 is 0. The van der Waals surface area contributed by atoms with E-state index in [4.69, 9.17) is 28.4 Å². The Morgan fingerprint density at radius 1 is 0.531 bits per heavy atom. The number of unbranched alkanes of at least 4 members (excludes halogenated alkanes) is 6. The Kier molecular flexibility index (Phi) is 16.7. The van der Waals surface area contributed by atoms with Gasteiger partial charge in [0, 0.05) is 12.2 Å². The number of carbonyl (C=O) groups excluding carboxylic acids is 4. The van der Waals surface area contributed by atoms with E-state index in [1.165, 1.54) is 0 Å². The summed E-state index contributed by atoms with van der Waals surface area (Å²) in [7, 11) is 0. The van der Waals surface area contributed by atoms with E-state index in [1.54, 1.807) is 73.7 Å². The highest BCUT2D eigenvalue weighted by Crippen LogP contribution is 2.26. The lowest BCUT2D eigenvalue weighted by Gasteiger charge is -2.11. The number of rotatable bonds is 22. The van der Waals surface area contributed by atoms with Gasteiger partial charge in [-0.25, -0.2) is 19.2 Å². The molecule has 0 amide bonds. The van der Waals surface area contributed by atoms with Gasteiger partial charge in [0.1, 0.15) is 23.0 Å². The summed E-state index contributed by atoms with van der Waals surface area (Å²) in [6.45, 7) is 10.3. The molecule has 0 fully saturated rings. The van der Waals surface area contributed by atoms with E-state index in [9.17, 15) is 19.2 Å². The molecular weight excluding hydrogens is 628 g/mol. The maximum atomic E-state index is 12.8. The van der Waals surface area contributed by atoms with Crippen molar-refractivity contribution in [1.29, 1.82) is 0 Å². The number of ether oxygens (including phenoxy) is 6. The highest BCUT2D eigenvalue weighted by molar-refractivity contribution is 5.92. The molecule has 0 heterocycles. The largest absolute Gasteiger partial charge is 0.494 e. The van der Waals surface area contributed by atoms with Gasteiger partial charge in [-0.3, -0.25) is 0 Å². The maximum Gasteiger partial charge on any atom is 0.343 e. The SMILES string of the molecule is C=CC(=O)OCCCCCCOc1ccc(C(=O)Oc2ccc(OC(=O)c3ccc(OCCCCCCOC(=O)C=C)cc3)c(C)c2)cc1. The molecule has 0 atom stereocenters. The predicted octanol–water partition coefficient (Wildman–Crippen LogP) is 7.77. The van der Waals surface area contributed by atoms with Crippen molar-refractivity contribution in [3.8, 4) is 23.0 Å². The van der Waals surface area contributed by atoms with Gasteiger partial charge in [-0.2, -0.15) is 0 Å². The molecule has 260 valence electrons. The summed E-state index contributed by atoms with van der Waals surface area (Å²) in [6.07, 6.45) is 9.33. The first-order valence-corrected chi connectivity index (χ1v) is 16.4. The molecule has 0 aliphatic heterocycles. The van der Waals surface area contributed by atoms with Crippen LogP contribution in [0.5, 0.6) is 23.0 Å². The number of aryl methyl sites for hydroxylation is 1. The second-order valence-corrected chi connectivity index (χ2v) is 11.0. The average Bonchev–Trinajstić information content (AvgIpc) is 3.11. The van der Waals surface area contributed by atoms with Crippen LogP contribution in [0, 0.1) is 6.92 Å². The van der Waals surface area contributed by atoms with Crippen LogP contribution in [0.25, 0.3) is 0 Å². The van der Waals surface area contributed by atoms with Gasteiger partial charge in [0.2, 0.25) is 0 Å². The lowest BCUT2D eigenvalue weighted by Crippen LogP contribution is -2.10. The second kappa shape index (κ2) is 21.5. The molecule has 0 saturated carbocycles. The van der Waals surface area contributed by atoms with Crippen LogP contribution < -0.4 is 18.9 Å². The van der Waals surface area contributed by atoms with Crippen LogP contribution in [-0.2, 0) is 19.1 Å². The van der Waals surface area contributed by atoms with Gasteiger partial charge < -0.3 is 28.4 Å². The Morgan fingerprint density at radius 3 is 1.37 bits per heavy atom. The molecule has 3 rings (SSSR count). The van der Waals surface area contributed by atoms with Crippen LogP contribution in [0.3, 0.4) is 0 Å². The molecular formula is C39H44O10. The van der Waals surface area contributed by atoms with Crippen LogP contribution in [0.4, 0.5) is 0 Å². The lowest BCUT2D eigenvalue weighted by molar-refractivity contribution is -0.138. The molecule has 0 unspecified atom stereocenters. The second-order valence-electron chi connectivity index (χ2n) is 11.0. The first kappa shape index (κ1) is 38.1. The van der Waals surface area contributed by atoms with Crippen LogP contribution >= 0.6 is 0 Å². The van der Waals surface area contributed by atoms with Crippen LogP contribution in [0.15, 0.2) is 92.0 Å². The van der Waals surface area contributed by atoms with Crippen molar-refractivity contribution < 1.29 is 47.6 Å². The van der Waals surface area contributed by atoms with Gasteiger partial charge in [-0.1, -0.05) is 13.2 Å². The van der Waals surface area contributed by atoms with Gasteiger partial charge in [0.25, 0.3) is 0 Å². The maximum absolute atomic E-state index is 12.8. The van der Waals surface area contributed by atoms with E-state index in [0.717, 1.165) is 63.5 Å². The molecule has 0 bridgehead atoms. The van der Waals surface area contributed by atoms with Gasteiger partial charge in [0.05, 0.1) is 37.6 Å². The van der Waals surface area contributed by atoms with Crippen LogP contribution in [0.2, 0.25) is 0 Å². The van der Waals surface area contributed by atoms with Gasteiger partial charge in [0.15, 0.2) is 0 Å². The van der Waals surface area contributed by atoms with Crippen molar-refractivity contribution >= 4 is 23.9 Å². The zero-order chi connectivity index (χ0) is 35.3. The Balaban J connectivity index is 1.35.